The lowest BCUT2D eigenvalue weighted by Gasteiger charge is -2.33. The highest BCUT2D eigenvalue weighted by molar-refractivity contribution is 7.23. The van der Waals surface area contributed by atoms with Gasteiger partial charge in [0.1, 0.15) is 34.4 Å². The maximum Gasteiger partial charge on any atom is 0.417 e. The van der Waals surface area contributed by atoms with Crippen molar-refractivity contribution < 1.29 is 40.6 Å². The fourth-order valence-electron chi connectivity index (χ4n) is 7.78. The summed E-state index contributed by atoms with van der Waals surface area (Å²) in [6.45, 7) is 3.78. The third-order valence-corrected chi connectivity index (χ3v) is 11.1. The van der Waals surface area contributed by atoms with Crippen LogP contribution < -0.4 is 15.4 Å². The number of anilines is 2. The molecule has 2 aromatic carbocycles. The first-order valence-corrected chi connectivity index (χ1v) is 17.4. The zero-order valence-corrected chi connectivity index (χ0v) is 29.7. The predicted octanol–water partition coefficient (Wildman–Crippen LogP) is 6.54. The number of benzene rings is 2. The third kappa shape index (κ3) is 6.67. The number of methoxy groups -OCH3 is 2. The minimum absolute atomic E-state index is 0.0592. The van der Waals surface area contributed by atoms with Crippen LogP contribution in [0, 0.1) is 23.0 Å². The Bertz CT molecular complexity index is 2040. The van der Waals surface area contributed by atoms with E-state index in [1.54, 1.807) is 22.9 Å². The van der Waals surface area contributed by atoms with Crippen LogP contribution in [0.2, 0.25) is 0 Å². The van der Waals surface area contributed by atoms with Crippen LogP contribution in [0.3, 0.4) is 0 Å². The number of carbonyl (C=O) groups is 1. The molecule has 17 heteroatoms. The highest BCUT2D eigenvalue weighted by Crippen LogP contribution is 2.48. The molecule has 7 rings (SSSR count). The summed E-state index contributed by atoms with van der Waals surface area (Å²) in [5, 5.41) is 9.07. The second kappa shape index (κ2) is 14.6. The van der Waals surface area contributed by atoms with Crippen molar-refractivity contribution in [2.45, 2.75) is 63.1 Å². The molecule has 3 unspecified atom stereocenters. The quantitative estimate of drug-likeness (QED) is 0.219. The summed E-state index contributed by atoms with van der Waals surface area (Å²) in [4.78, 5) is 26.1. The lowest BCUT2D eigenvalue weighted by atomic mass is 9.92. The van der Waals surface area contributed by atoms with E-state index in [4.69, 9.17) is 15.2 Å². The molecule has 3 saturated heterocycles. The van der Waals surface area contributed by atoms with Gasteiger partial charge in [-0.3, -0.25) is 9.69 Å². The number of amides is 1. The van der Waals surface area contributed by atoms with Crippen LogP contribution in [0.15, 0.2) is 18.2 Å². The molecule has 10 nitrogen and oxygen atoms in total. The van der Waals surface area contributed by atoms with Crippen LogP contribution in [0.4, 0.5) is 37.2 Å². The van der Waals surface area contributed by atoms with Gasteiger partial charge in [-0.2, -0.15) is 28.4 Å². The summed E-state index contributed by atoms with van der Waals surface area (Å²) >= 11 is 0.680. The van der Waals surface area contributed by atoms with E-state index >= 15 is 4.39 Å². The molecular formula is C35H37F6N7O3S. The van der Waals surface area contributed by atoms with Gasteiger partial charge in [-0.15, -0.1) is 11.3 Å². The number of nitriles is 1. The van der Waals surface area contributed by atoms with E-state index in [1.807, 2.05) is 0 Å². The lowest BCUT2D eigenvalue weighted by molar-refractivity contribution is -0.137. The van der Waals surface area contributed by atoms with Gasteiger partial charge in [0.05, 0.1) is 41.6 Å². The number of likely N-dealkylation sites (tertiary alicyclic amines) is 1. The van der Waals surface area contributed by atoms with Gasteiger partial charge in [-0.1, -0.05) is 6.07 Å². The van der Waals surface area contributed by atoms with Crippen molar-refractivity contribution in [1.29, 1.82) is 5.26 Å². The number of hydrogen-bond donors (Lipinski definition) is 1. The van der Waals surface area contributed by atoms with Crippen molar-refractivity contribution in [2.24, 2.45) is 0 Å². The number of ether oxygens (including phenoxy) is 2. The number of nitrogens with two attached hydrogens (primary N) is 1. The Kier molecular flexibility index (Phi) is 10.5. The summed E-state index contributed by atoms with van der Waals surface area (Å²) in [7, 11) is 4.27. The van der Waals surface area contributed by atoms with Crippen LogP contribution in [0.25, 0.3) is 32.1 Å². The zero-order chi connectivity index (χ0) is 37.6. The van der Waals surface area contributed by atoms with Gasteiger partial charge in [-0.05, 0) is 49.9 Å². The van der Waals surface area contributed by atoms with Crippen molar-refractivity contribution >= 4 is 49.1 Å². The molecule has 0 aliphatic carbocycles. The molecule has 0 radical (unpaired) electrons. The fraction of sp³-hybridized carbons (Fsp3) is 0.486. The molecule has 278 valence electrons. The molecular weight excluding hydrogens is 712 g/mol. The minimum atomic E-state index is -5.09. The molecule has 3 fully saturated rings. The van der Waals surface area contributed by atoms with E-state index in [9.17, 15) is 32.0 Å². The number of likely N-dealkylation sites (N-methyl/N-ethyl adjacent to an activating group) is 1. The van der Waals surface area contributed by atoms with Gasteiger partial charge < -0.3 is 25.0 Å². The van der Waals surface area contributed by atoms with Crippen LogP contribution >= 0.6 is 11.3 Å². The number of alkyl halides is 4. The fourth-order valence-corrected chi connectivity index (χ4v) is 8.73. The minimum Gasteiger partial charge on any atom is -0.467 e. The van der Waals surface area contributed by atoms with Crippen molar-refractivity contribution in [3.63, 3.8) is 0 Å². The highest BCUT2D eigenvalue weighted by Gasteiger charge is 2.41. The summed E-state index contributed by atoms with van der Waals surface area (Å²) in [6, 6.07) is 3.80. The number of thiophene rings is 1. The van der Waals surface area contributed by atoms with Crippen LogP contribution in [0.1, 0.15) is 43.7 Å². The van der Waals surface area contributed by atoms with Gasteiger partial charge in [0.25, 0.3) is 0 Å². The smallest absolute Gasteiger partial charge is 0.417 e. The van der Waals surface area contributed by atoms with Crippen molar-refractivity contribution in [3.05, 3.63) is 41.0 Å². The number of halogens is 6. The summed E-state index contributed by atoms with van der Waals surface area (Å²) in [5.41, 5.74) is 2.46. The molecule has 1 amide bonds. The molecule has 0 bridgehead atoms. The third-order valence-electron chi connectivity index (χ3n) is 10.1. The Labute approximate surface area is 299 Å². The maximum absolute atomic E-state index is 16.6. The van der Waals surface area contributed by atoms with E-state index in [1.165, 1.54) is 34.0 Å². The van der Waals surface area contributed by atoms with E-state index in [0.717, 1.165) is 31.2 Å². The van der Waals surface area contributed by atoms with Crippen molar-refractivity contribution in [3.8, 4) is 23.2 Å². The number of hydrogen-bond acceptors (Lipinski definition) is 10. The van der Waals surface area contributed by atoms with Crippen LogP contribution in [-0.2, 0) is 15.7 Å². The number of nitrogen functional groups attached to an aromatic ring is 1. The maximum atomic E-state index is 16.6. The largest absolute Gasteiger partial charge is 0.467 e. The standard InChI is InChI=1S/C28H25F5N6O3S.C7H12FN/c1-12(40)39-8-7-18(19(39)11-41-3)38(2)26-14-9-16(28(31,32)33)21(22(30)23(14)36-27(37-26)42-4)13-5-6-17(29)24-20(13)15(10-34)25(35)43-24;8-6-4-7-2-1-3-9(7)5-6/h5-6,9,18-19H,7-8,11,35H2,1-4H3;6-7H,1-5H2/t18?,19-;/m1./s1. The summed E-state index contributed by atoms with van der Waals surface area (Å²) in [6.07, 6.45) is -1.84. The van der Waals surface area contributed by atoms with E-state index < -0.39 is 52.7 Å². The Hall–Kier alpha value is -4.40. The normalized spacial score (nSPS) is 21.7. The first kappa shape index (κ1) is 37.4. The SMILES string of the molecule is COC[C@@H]1C(N(C)c2nc(OC)nc3c(F)c(-c4ccc(F)c5sc(N)c(C#N)c45)c(C(F)(F)F)cc23)CCN1C(C)=O.FC1CC2CCCN2C1. The molecule has 4 aromatic rings. The summed E-state index contributed by atoms with van der Waals surface area (Å²) < 4.78 is 98.4. The van der Waals surface area contributed by atoms with Gasteiger partial charge in [-0.25, -0.2) is 13.2 Å². The van der Waals surface area contributed by atoms with E-state index in [0.29, 0.717) is 36.9 Å². The van der Waals surface area contributed by atoms with Crippen molar-refractivity contribution in [2.75, 3.05) is 58.1 Å². The second-order valence-corrected chi connectivity index (χ2v) is 14.2. The molecule has 3 aliphatic rings. The zero-order valence-electron chi connectivity index (χ0n) is 28.9. The molecule has 3 aliphatic heterocycles. The van der Waals surface area contributed by atoms with Gasteiger partial charge in [0.2, 0.25) is 5.91 Å². The van der Waals surface area contributed by atoms with Gasteiger partial charge in [0.15, 0.2) is 5.82 Å². The highest BCUT2D eigenvalue weighted by atomic mass is 32.1. The Morgan fingerprint density at radius 2 is 1.94 bits per heavy atom. The number of fused-ring (bicyclic) bond motifs is 3. The second-order valence-electron chi connectivity index (χ2n) is 13.1. The monoisotopic (exact) mass is 749 g/mol. The summed E-state index contributed by atoms with van der Waals surface area (Å²) in [5.74, 6) is -2.45. The molecule has 5 heterocycles. The average Bonchev–Trinajstić information content (AvgIpc) is 3.87. The number of rotatable bonds is 6. The molecule has 2 aromatic heterocycles. The van der Waals surface area contributed by atoms with Gasteiger partial charge >= 0.3 is 12.2 Å². The number of nitrogens with zero attached hydrogens (tertiary/aromatic N) is 6. The van der Waals surface area contributed by atoms with E-state index in [-0.39, 0.29) is 55.9 Å². The van der Waals surface area contributed by atoms with Gasteiger partial charge in [0, 0.05) is 56.5 Å². The average molecular weight is 750 g/mol. The molecule has 0 saturated carbocycles. The molecule has 0 spiro atoms. The topological polar surface area (TPSA) is 121 Å². The molecule has 2 N–H and O–H groups in total. The van der Waals surface area contributed by atoms with Crippen molar-refractivity contribution in [1.82, 2.24) is 19.8 Å². The number of aromatic nitrogens is 2. The first-order chi connectivity index (χ1) is 24.7. The predicted molar refractivity (Wildman–Crippen MR) is 185 cm³/mol. The lowest BCUT2D eigenvalue weighted by Crippen LogP contribution is -2.48. The molecule has 4 atom stereocenters. The van der Waals surface area contributed by atoms with Crippen LogP contribution in [0.5, 0.6) is 6.01 Å². The van der Waals surface area contributed by atoms with E-state index in [2.05, 4.69) is 14.9 Å². The van der Waals surface area contributed by atoms with Crippen LogP contribution in [-0.4, -0.2) is 97.5 Å². The Morgan fingerprint density at radius 3 is 2.58 bits per heavy atom. The number of carbonyl (C=O) groups excluding carboxylic acids is 1. The first-order valence-electron chi connectivity index (χ1n) is 16.6. The molecule has 52 heavy (non-hydrogen) atoms. The Balaban J connectivity index is 0.000000444. The Morgan fingerprint density at radius 1 is 1.19 bits per heavy atom.